The zero-order valence-electron chi connectivity index (χ0n) is 6.44. The van der Waals surface area contributed by atoms with E-state index in [1.165, 1.54) is 18.3 Å². The van der Waals surface area contributed by atoms with Gasteiger partial charge in [-0.3, -0.25) is 9.78 Å². The maximum atomic E-state index is 10.9. The number of carbonyl (C=O) groups is 2. The molecule has 1 heterocycles. The number of nitrogens with zero attached hydrogens (tertiary/aromatic N) is 1. The minimum Gasteiger partial charge on any atom is -0.475 e. The predicted octanol–water partition coefficient (Wildman–Crippen LogP) is 0.657. The van der Waals surface area contributed by atoms with Gasteiger partial charge in [0, 0.05) is 17.5 Å². The number of hydrogen-bond acceptors (Lipinski definition) is 3. The molecule has 0 atom stereocenters. The summed E-state index contributed by atoms with van der Waals surface area (Å²) in [5.74, 6) is -2.35. The zero-order valence-corrected chi connectivity index (χ0v) is 6.44. The fourth-order valence-electron chi connectivity index (χ4n) is 0.810. The van der Waals surface area contributed by atoms with Crippen LogP contribution in [0, 0.1) is 6.92 Å². The van der Waals surface area contributed by atoms with Gasteiger partial charge in [0.1, 0.15) is 0 Å². The molecule has 62 valence electrons. The third kappa shape index (κ3) is 1.66. The van der Waals surface area contributed by atoms with Crippen molar-refractivity contribution in [3.8, 4) is 0 Å². The maximum Gasteiger partial charge on any atom is 0.377 e. The van der Waals surface area contributed by atoms with E-state index in [0.29, 0.717) is 5.69 Å². The van der Waals surface area contributed by atoms with Crippen LogP contribution in [0.25, 0.3) is 0 Å². The molecule has 1 rings (SSSR count). The van der Waals surface area contributed by atoms with Crippen LogP contribution in [-0.2, 0) is 4.79 Å². The molecule has 0 aromatic carbocycles. The molecule has 0 bridgehead atoms. The van der Waals surface area contributed by atoms with E-state index in [2.05, 4.69) is 4.98 Å². The van der Waals surface area contributed by atoms with Gasteiger partial charge >= 0.3 is 5.97 Å². The molecule has 0 saturated carbocycles. The number of aliphatic carboxylic acids is 1. The van der Waals surface area contributed by atoms with Crippen LogP contribution in [0.4, 0.5) is 0 Å². The number of rotatable bonds is 2. The van der Waals surface area contributed by atoms with Crippen molar-refractivity contribution in [1.82, 2.24) is 4.98 Å². The number of aromatic nitrogens is 1. The molecule has 0 unspecified atom stereocenters. The molecule has 0 aliphatic heterocycles. The minimum absolute atomic E-state index is 0.162. The molecular formula is C8H7NO3. The summed E-state index contributed by atoms with van der Waals surface area (Å²) in [5, 5.41) is 8.36. The van der Waals surface area contributed by atoms with Gasteiger partial charge in [0.15, 0.2) is 0 Å². The van der Waals surface area contributed by atoms with Crippen molar-refractivity contribution < 1.29 is 14.7 Å². The van der Waals surface area contributed by atoms with Crippen molar-refractivity contribution in [2.45, 2.75) is 6.92 Å². The van der Waals surface area contributed by atoms with Gasteiger partial charge in [0.25, 0.3) is 5.78 Å². The van der Waals surface area contributed by atoms with E-state index in [4.69, 9.17) is 5.11 Å². The van der Waals surface area contributed by atoms with E-state index in [1.807, 2.05) is 0 Å². The maximum absolute atomic E-state index is 10.9. The summed E-state index contributed by atoms with van der Waals surface area (Å²) in [6.07, 6.45) is 1.41. The van der Waals surface area contributed by atoms with Crippen molar-refractivity contribution in [2.75, 3.05) is 0 Å². The molecule has 0 spiro atoms. The third-order valence-corrected chi connectivity index (χ3v) is 1.35. The van der Waals surface area contributed by atoms with Crippen LogP contribution < -0.4 is 0 Å². The topological polar surface area (TPSA) is 67.3 Å². The number of pyridine rings is 1. The largest absolute Gasteiger partial charge is 0.475 e. The van der Waals surface area contributed by atoms with Crippen molar-refractivity contribution in [3.05, 3.63) is 29.6 Å². The number of Topliss-reactive ketones (excluding diaryl/α,β-unsaturated/α-hetero) is 1. The molecule has 1 aromatic heterocycles. The van der Waals surface area contributed by atoms with Crippen molar-refractivity contribution in [3.63, 3.8) is 0 Å². The molecule has 4 heteroatoms. The molecular weight excluding hydrogens is 158 g/mol. The van der Waals surface area contributed by atoms with Gasteiger partial charge in [0.2, 0.25) is 0 Å². The highest BCUT2D eigenvalue weighted by atomic mass is 16.4. The summed E-state index contributed by atoms with van der Waals surface area (Å²) >= 11 is 0. The number of carboxylic acid groups (broad SMARTS) is 1. The molecule has 4 nitrogen and oxygen atoms in total. The molecule has 0 saturated heterocycles. The number of hydrogen-bond donors (Lipinski definition) is 1. The van der Waals surface area contributed by atoms with E-state index >= 15 is 0 Å². The van der Waals surface area contributed by atoms with E-state index in [0.717, 1.165) is 0 Å². The lowest BCUT2D eigenvalue weighted by Crippen LogP contribution is -2.12. The normalized spacial score (nSPS) is 9.42. The Morgan fingerprint density at radius 3 is 2.67 bits per heavy atom. The molecule has 1 aromatic rings. The Morgan fingerprint density at radius 1 is 1.50 bits per heavy atom. The van der Waals surface area contributed by atoms with Gasteiger partial charge in [-0.2, -0.15) is 0 Å². The number of aryl methyl sites for hydroxylation is 1. The number of carboxylic acids is 1. The van der Waals surface area contributed by atoms with Gasteiger partial charge in [-0.05, 0) is 19.1 Å². The Morgan fingerprint density at radius 2 is 2.17 bits per heavy atom. The highest BCUT2D eigenvalue weighted by Gasteiger charge is 2.13. The molecule has 0 amide bonds. The van der Waals surface area contributed by atoms with E-state index in [-0.39, 0.29) is 5.56 Å². The first-order valence-electron chi connectivity index (χ1n) is 3.31. The van der Waals surface area contributed by atoms with Gasteiger partial charge in [-0.25, -0.2) is 4.79 Å². The van der Waals surface area contributed by atoms with Crippen molar-refractivity contribution >= 4 is 11.8 Å². The second-order valence-corrected chi connectivity index (χ2v) is 2.32. The van der Waals surface area contributed by atoms with Crippen LogP contribution in [-0.4, -0.2) is 21.8 Å². The minimum atomic E-state index is -1.44. The van der Waals surface area contributed by atoms with Gasteiger partial charge in [-0.15, -0.1) is 0 Å². The number of carbonyl (C=O) groups excluding carboxylic acids is 1. The molecule has 0 radical (unpaired) electrons. The highest BCUT2D eigenvalue weighted by Crippen LogP contribution is 2.01. The first-order valence-corrected chi connectivity index (χ1v) is 3.31. The zero-order chi connectivity index (χ0) is 9.14. The Balaban J connectivity index is 3.04. The van der Waals surface area contributed by atoms with Gasteiger partial charge in [0.05, 0.1) is 0 Å². The van der Waals surface area contributed by atoms with E-state index < -0.39 is 11.8 Å². The molecule has 0 aliphatic rings. The molecule has 1 N–H and O–H groups in total. The van der Waals surface area contributed by atoms with Gasteiger partial charge < -0.3 is 5.11 Å². The van der Waals surface area contributed by atoms with Crippen LogP contribution >= 0.6 is 0 Å². The predicted molar refractivity (Wildman–Crippen MR) is 40.9 cm³/mol. The fraction of sp³-hybridized carbons (Fsp3) is 0.125. The van der Waals surface area contributed by atoms with Crippen LogP contribution in [0.1, 0.15) is 16.1 Å². The number of ketones is 1. The average molecular weight is 165 g/mol. The van der Waals surface area contributed by atoms with Crippen LogP contribution in [0.5, 0.6) is 0 Å². The summed E-state index contributed by atoms with van der Waals surface area (Å²) in [7, 11) is 0. The summed E-state index contributed by atoms with van der Waals surface area (Å²) in [6.45, 7) is 1.69. The lowest BCUT2D eigenvalue weighted by atomic mass is 10.1. The Hall–Kier alpha value is -1.71. The molecule has 12 heavy (non-hydrogen) atoms. The van der Waals surface area contributed by atoms with Crippen molar-refractivity contribution in [2.24, 2.45) is 0 Å². The van der Waals surface area contributed by atoms with Crippen LogP contribution in [0.2, 0.25) is 0 Å². The first-order chi connectivity index (χ1) is 5.61. The lowest BCUT2D eigenvalue weighted by molar-refractivity contribution is -0.131. The standard InChI is InChI=1S/C8H7NO3/c1-5-4-6(2-3-9-5)7(10)8(11)12/h2-4H,1H3,(H,11,12). The first kappa shape index (κ1) is 8.39. The summed E-state index contributed by atoms with van der Waals surface area (Å²) in [5.41, 5.74) is 0.789. The summed E-state index contributed by atoms with van der Waals surface area (Å²) in [4.78, 5) is 24.9. The molecule has 0 aliphatic carbocycles. The SMILES string of the molecule is Cc1cc(C(=O)C(=O)O)ccn1. The lowest BCUT2D eigenvalue weighted by Gasteiger charge is -1.95. The average Bonchev–Trinajstić information content (AvgIpc) is 2.03. The van der Waals surface area contributed by atoms with E-state index in [1.54, 1.807) is 6.92 Å². The quantitative estimate of drug-likeness (QED) is 0.516. The van der Waals surface area contributed by atoms with Crippen LogP contribution in [0.3, 0.4) is 0 Å². The second-order valence-electron chi connectivity index (χ2n) is 2.32. The summed E-state index contributed by atoms with van der Waals surface area (Å²) < 4.78 is 0. The Kier molecular flexibility index (Phi) is 2.19. The second kappa shape index (κ2) is 3.13. The van der Waals surface area contributed by atoms with Gasteiger partial charge in [-0.1, -0.05) is 0 Å². The van der Waals surface area contributed by atoms with E-state index in [9.17, 15) is 9.59 Å². The molecule has 0 fully saturated rings. The monoisotopic (exact) mass is 165 g/mol. The Bertz CT molecular complexity index is 333. The van der Waals surface area contributed by atoms with Crippen LogP contribution in [0.15, 0.2) is 18.3 Å². The third-order valence-electron chi connectivity index (χ3n) is 1.35. The van der Waals surface area contributed by atoms with Crippen molar-refractivity contribution in [1.29, 1.82) is 0 Å². The fourth-order valence-corrected chi connectivity index (χ4v) is 0.810. The highest BCUT2D eigenvalue weighted by molar-refractivity contribution is 6.39. The Labute approximate surface area is 68.9 Å². The summed E-state index contributed by atoms with van der Waals surface area (Å²) in [6, 6.07) is 2.82. The smallest absolute Gasteiger partial charge is 0.377 e.